The molecule has 4 nitrogen and oxygen atoms in total. The van der Waals surface area contributed by atoms with Gasteiger partial charge in [0.05, 0.1) is 0 Å². The van der Waals surface area contributed by atoms with Gasteiger partial charge in [0.1, 0.15) is 0 Å². The maximum absolute atomic E-state index is 12.5. The van der Waals surface area contributed by atoms with Crippen molar-refractivity contribution in [1.29, 1.82) is 0 Å². The van der Waals surface area contributed by atoms with Crippen LogP contribution in [0.4, 0.5) is 4.79 Å². The molecule has 0 saturated heterocycles. The van der Waals surface area contributed by atoms with Crippen LogP contribution in [0.1, 0.15) is 24.2 Å². The predicted octanol–water partition coefficient (Wildman–Crippen LogP) is 3.60. The van der Waals surface area contributed by atoms with Gasteiger partial charge in [-0.2, -0.15) is 0 Å². The Hall–Kier alpha value is -2.62. The molecule has 0 aliphatic carbocycles. The number of urea groups is 1. The lowest BCUT2D eigenvalue weighted by atomic mass is 10.0. The average Bonchev–Trinajstić information content (AvgIpc) is 2.82. The number of rotatable bonds is 4. The summed E-state index contributed by atoms with van der Waals surface area (Å²) in [7, 11) is 0. The van der Waals surface area contributed by atoms with Crippen LogP contribution in [-0.4, -0.2) is 34.7 Å². The standard InChI is InChI=1S/C18H20N2O2/c1-3-19(4-2)18(22)20-13-9-8-12-16(14-20)17(21)15-10-6-5-7-11-15/h5-14H,3-4H2,1-2H3. The van der Waals surface area contributed by atoms with Crippen LogP contribution in [0.5, 0.6) is 0 Å². The Labute approximate surface area is 131 Å². The lowest BCUT2D eigenvalue weighted by Crippen LogP contribution is -2.38. The first-order valence-electron chi connectivity index (χ1n) is 7.41. The quantitative estimate of drug-likeness (QED) is 0.796. The molecule has 0 saturated carbocycles. The second-order valence-electron chi connectivity index (χ2n) is 4.84. The number of carbonyl (C=O) groups is 2. The highest BCUT2D eigenvalue weighted by atomic mass is 16.2. The van der Waals surface area contributed by atoms with Gasteiger partial charge in [0.25, 0.3) is 0 Å². The van der Waals surface area contributed by atoms with Crippen molar-refractivity contribution in [3.8, 4) is 0 Å². The zero-order valence-corrected chi connectivity index (χ0v) is 12.9. The summed E-state index contributed by atoms with van der Waals surface area (Å²) in [6.45, 7) is 5.12. The van der Waals surface area contributed by atoms with Gasteiger partial charge >= 0.3 is 6.03 Å². The molecular weight excluding hydrogens is 276 g/mol. The van der Waals surface area contributed by atoms with Crippen molar-refractivity contribution in [1.82, 2.24) is 9.80 Å². The monoisotopic (exact) mass is 296 g/mol. The van der Waals surface area contributed by atoms with Crippen LogP contribution in [0.15, 0.2) is 66.5 Å². The second kappa shape index (κ2) is 7.41. The predicted molar refractivity (Wildman–Crippen MR) is 87.3 cm³/mol. The van der Waals surface area contributed by atoms with E-state index in [4.69, 9.17) is 0 Å². The fourth-order valence-electron chi connectivity index (χ4n) is 2.20. The van der Waals surface area contributed by atoms with Crippen LogP contribution >= 0.6 is 0 Å². The lowest BCUT2D eigenvalue weighted by Gasteiger charge is -2.24. The first kappa shape index (κ1) is 15.8. The number of amides is 2. The number of hydrogen-bond acceptors (Lipinski definition) is 2. The largest absolute Gasteiger partial charge is 0.328 e. The Morgan fingerprint density at radius 2 is 1.73 bits per heavy atom. The molecule has 0 aromatic heterocycles. The molecule has 1 aliphatic rings. The number of hydrogen-bond donors (Lipinski definition) is 0. The molecule has 0 fully saturated rings. The Morgan fingerprint density at radius 1 is 1.05 bits per heavy atom. The molecule has 1 heterocycles. The maximum Gasteiger partial charge on any atom is 0.328 e. The summed E-state index contributed by atoms with van der Waals surface area (Å²) in [5.74, 6) is -0.0992. The Bertz CT molecular complexity index is 626. The molecule has 0 spiro atoms. The average molecular weight is 296 g/mol. The third-order valence-electron chi connectivity index (χ3n) is 3.46. The third-order valence-corrected chi connectivity index (χ3v) is 3.46. The minimum atomic E-state index is -0.136. The molecule has 1 aromatic carbocycles. The molecule has 2 amide bonds. The van der Waals surface area contributed by atoms with Crippen LogP contribution in [0, 0.1) is 0 Å². The van der Waals surface area contributed by atoms with Gasteiger partial charge in [-0.05, 0) is 26.0 Å². The van der Waals surface area contributed by atoms with E-state index in [1.165, 1.54) is 4.90 Å². The first-order chi connectivity index (χ1) is 10.7. The first-order valence-corrected chi connectivity index (χ1v) is 7.41. The van der Waals surface area contributed by atoms with E-state index in [9.17, 15) is 9.59 Å². The summed E-state index contributed by atoms with van der Waals surface area (Å²) >= 11 is 0. The number of carbonyl (C=O) groups excluding carboxylic acids is 2. The molecule has 22 heavy (non-hydrogen) atoms. The molecule has 2 rings (SSSR count). The summed E-state index contributed by atoms with van der Waals surface area (Å²) in [5, 5.41) is 0. The van der Waals surface area contributed by atoms with Crippen LogP contribution < -0.4 is 0 Å². The second-order valence-corrected chi connectivity index (χ2v) is 4.84. The molecule has 1 aromatic rings. The lowest BCUT2D eigenvalue weighted by molar-refractivity contribution is 0.103. The Kier molecular flexibility index (Phi) is 5.31. The number of benzene rings is 1. The summed E-state index contributed by atoms with van der Waals surface area (Å²) in [5.41, 5.74) is 1.09. The number of nitrogens with zero attached hydrogens (tertiary/aromatic N) is 2. The topological polar surface area (TPSA) is 40.6 Å². The van der Waals surface area contributed by atoms with Gasteiger partial charge in [-0.3, -0.25) is 9.69 Å². The third kappa shape index (κ3) is 3.52. The van der Waals surface area contributed by atoms with E-state index >= 15 is 0 Å². The van der Waals surface area contributed by atoms with Gasteiger partial charge in [-0.15, -0.1) is 0 Å². The Balaban J connectivity index is 2.28. The highest BCUT2D eigenvalue weighted by molar-refractivity contribution is 6.10. The highest BCUT2D eigenvalue weighted by Gasteiger charge is 2.18. The van der Waals surface area contributed by atoms with Crippen molar-refractivity contribution in [2.45, 2.75) is 13.8 Å². The van der Waals surface area contributed by atoms with Gasteiger partial charge in [0, 0.05) is 36.6 Å². The SMILES string of the molecule is CCN(CC)C(=O)N1C=CC=CC(C(=O)c2ccccc2)=C1. The zero-order valence-electron chi connectivity index (χ0n) is 12.9. The fraction of sp³-hybridized carbons (Fsp3) is 0.222. The van der Waals surface area contributed by atoms with E-state index in [-0.39, 0.29) is 11.8 Å². The van der Waals surface area contributed by atoms with Crippen LogP contribution in [-0.2, 0) is 0 Å². The van der Waals surface area contributed by atoms with E-state index in [0.717, 1.165) is 0 Å². The van der Waals surface area contributed by atoms with Crippen LogP contribution in [0.25, 0.3) is 0 Å². The Morgan fingerprint density at radius 3 is 2.36 bits per heavy atom. The van der Waals surface area contributed by atoms with Crippen molar-refractivity contribution >= 4 is 11.8 Å². The van der Waals surface area contributed by atoms with Crippen molar-refractivity contribution in [3.05, 3.63) is 72.1 Å². The molecule has 0 radical (unpaired) electrons. The van der Waals surface area contributed by atoms with E-state index in [1.54, 1.807) is 47.7 Å². The summed E-state index contributed by atoms with van der Waals surface area (Å²) < 4.78 is 0. The molecule has 1 aliphatic heterocycles. The van der Waals surface area contributed by atoms with Crippen molar-refractivity contribution in [2.75, 3.05) is 13.1 Å². The summed E-state index contributed by atoms with van der Waals surface area (Å²) in [6.07, 6.45) is 8.51. The van der Waals surface area contributed by atoms with E-state index < -0.39 is 0 Å². The molecule has 0 bridgehead atoms. The highest BCUT2D eigenvalue weighted by Crippen LogP contribution is 2.15. The fourth-order valence-corrected chi connectivity index (χ4v) is 2.20. The smallest absolute Gasteiger partial charge is 0.325 e. The van der Waals surface area contributed by atoms with Gasteiger partial charge in [0.15, 0.2) is 5.78 Å². The molecular formula is C18H20N2O2. The normalized spacial score (nSPS) is 13.5. The minimum Gasteiger partial charge on any atom is -0.325 e. The maximum atomic E-state index is 12.5. The van der Waals surface area contributed by atoms with Gasteiger partial charge in [-0.25, -0.2) is 4.79 Å². The molecule has 0 N–H and O–H groups in total. The van der Waals surface area contributed by atoms with Gasteiger partial charge in [-0.1, -0.05) is 36.4 Å². The zero-order chi connectivity index (χ0) is 15.9. The minimum absolute atomic E-state index is 0.0992. The number of allylic oxidation sites excluding steroid dienone is 4. The van der Waals surface area contributed by atoms with Crippen molar-refractivity contribution < 1.29 is 9.59 Å². The summed E-state index contributed by atoms with van der Waals surface area (Å²) in [6, 6.07) is 8.92. The van der Waals surface area contributed by atoms with Crippen LogP contribution in [0.2, 0.25) is 0 Å². The van der Waals surface area contributed by atoms with Crippen LogP contribution in [0.3, 0.4) is 0 Å². The van der Waals surface area contributed by atoms with Gasteiger partial charge < -0.3 is 4.90 Å². The molecule has 0 unspecified atom stereocenters. The van der Waals surface area contributed by atoms with Gasteiger partial charge in [0.2, 0.25) is 0 Å². The van der Waals surface area contributed by atoms with E-state index in [0.29, 0.717) is 24.2 Å². The van der Waals surface area contributed by atoms with Crippen molar-refractivity contribution in [2.24, 2.45) is 0 Å². The molecule has 114 valence electrons. The number of ketones is 1. The van der Waals surface area contributed by atoms with Crippen molar-refractivity contribution in [3.63, 3.8) is 0 Å². The summed E-state index contributed by atoms with van der Waals surface area (Å²) in [4.78, 5) is 28.1. The van der Waals surface area contributed by atoms with E-state index in [2.05, 4.69) is 0 Å². The number of Topliss-reactive ketones (excluding diaryl/α,β-unsaturated/α-hetero) is 1. The molecule has 0 atom stereocenters. The molecule has 4 heteroatoms. The van der Waals surface area contributed by atoms with E-state index in [1.807, 2.05) is 32.0 Å².